The summed E-state index contributed by atoms with van der Waals surface area (Å²) in [5, 5.41) is 76.4. The molecule has 1 fully saturated rings. The summed E-state index contributed by atoms with van der Waals surface area (Å²) in [6, 6.07) is -1.16. The highest BCUT2D eigenvalue weighted by Gasteiger charge is 2.44. The second-order valence-electron chi connectivity index (χ2n) is 22.9. The fraction of sp³-hybridized carbons (Fsp3) is 0.984. The van der Waals surface area contributed by atoms with E-state index in [1.807, 2.05) is 0 Å². The van der Waals surface area contributed by atoms with Gasteiger partial charge in [-0.3, -0.25) is 4.79 Å². The Labute approximate surface area is 449 Å². The third-order valence-corrected chi connectivity index (χ3v) is 15.9. The van der Waals surface area contributed by atoms with Crippen LogP contribution < -0.4 is 5.32 Å². The summed E-state index contributed by atoms with van der Waals surface area (Å²) in [5.74, 6) is -0.688. The van der Waals surface area contributed by atoms with Crippen LogP contribution in [-0.2, 0) is 14.3 Å². The van der Waals surface area contributed by atoms with Crippen LogP contribution in [0.3, 0.4) is 0 Å². The van der Waals surface area contributed by atoms with Gasteiger partial charge in [-0.05, 0) is 12.8 Å². The summed E-state index contributed by atoms with van der Waals surface area (Å²) in [7, 11) is 0. The van der Waals surface area contributed by atoms with E-state index in [1.165, 1.54) is 244 Å². The van der Waals surface area contributed by atoms with Crippen LogP contribution in [0.1, 0.15) is 322 Å². The minimum Gasteiger partial charge on any atom is -0.394 e. The van der Waals surface area contributed by atoms with Gasteiger partial charge in [0.2, 0.25) is 5.91 Å². The zero-order valence-electron chi connectivity index (χ0n) is 47.9. The molecule has 1 aliphatic rings. The zero-order valence-corrected chi connectivity index (χ0v) is 47.9. The monoisotopic (exact) mass is 1040 g/mol. The lowest BCUT2D eigenvalue weighted by molar-refractivity contribution is -0.303. The van der Waals surface area contributed by atoms with Crippen molar-refractivity contribution in [2.75, 3.05) is 13.2 Å². The molecule has 1 heterocycles. The Kier molecular flexibility index (Phi) is 49.8. The molecule has 73 heavy (non-hydrogen) atoms. The molecule has 8 N–H and O–H groups in total. The average molecular weight is 1040 g/mol. The molecule has 9 unspecified atom stereocenters. The molecule has 0 spiro atoms. The van der Waals surface area contributed by atoms with Crippen molar-refractivity contribution < 1.29 is 50.0 Å². The Morgan fingerprint density at radius 1 is 0.425 bits per heavy atom. The number of ether oxygens (including phenoxy) is 2. The summed E-state index contributed by atoms with van der Waals surface area (Å²) in [5.41, 5.74) is 0. The lowest BCUT2D eigenvalue weighted by atomic mass is 9.98. The van der Waals surface area contributed by atoms with Gasteiger partial charge in [-0.25, -0.2) is 0 Å². The van der Waals surface area contributed by atoms with Crippen LogP contribution in [0.4, 0.5) is 0 Å². The SMILES string of the molecule is CCCCCCCCCCCCCCCCCCCCCCCCCC(O)C(=O)NC(COC1OC(CO)C(O)C(O)C1O)C(O)C(O)CCCCCCCCCCCCCCCCCCCCCCCCC. The van der Waals surface area contributed by atoms with Crippen LogP contribution in [-0.4, -0.2) is 110 Å². The molecule has 11 heteroatoms. The number of carbonyl (C=O) groups excluding carboxylic acids is 1. The summed E-state index contributed by atoms with van der Waals surface area (Å²) in [6.07, 6.45) is 48.7. The van der Waals surface area contributed by atoms with Gasteiger partial charge in [0, 0.05) is 0 Å². The van der Waals surface area contributed by atoms with Gasteiger partial charge in [-0.2, -0.15) is 0 Å². The number of hydrogen-bond acceptors (Lipinski definition) is 10. The van der Waals surface area contributed by atoms with Crippen molar-refractivity contribution in [1.29, 1.82) is 0 Å². The van der Waals surface area contributed by atoms with Crippen LogP contribution in [0.15, 0.2) is 0 Å². The standard InChI is InChI=1S/C62H123NO10/c1-3-5-7-9-11-13-15-17-19-21-23-25-27-29-31-33-35-37-39-41-43-45-47-49-54(65)57(67)53(52-72-62-60(70)59(69)58(68)56(51-64)73-62)63-61(71)55(66)50-48-46-44-42-40-38-36-34-32-30-28-26-24-22-20-18-16-14-12-10-8-6-4-2/h53-60,62,64-70H,3-52H2,1-2H3,(H,63,71). The second kappa shape index (κ2) is 51.8. The van der Waals surface area contributed by atoms with Gasteiger partial charge in [-0.1, -0.05) is 309 Å². The second-order valence-corrected chi connectivity index (χ2v) is 22.9. The maximum Gasteiger partial charge on any atom is 0.249 e. The van der Waals surface area contributed by atoms with E-state index in [2.05, 4.69) is 19.2 Å². The Hall–Kier alpha value is -0.890. The zero-order chi connectivity index (χ0) is 53.3. The van der Waals surface area contributed by atoms with Crippen molar-refractivity contribution in [3.63, 3.8) is 0 Å². The highest BCUT2D eigenvalue weighted by molar-refractivity contribution is 5.80. The molecular weight excluding hydrogens is 919 g/mol. The largest absolute Gasteiger partial charge is 0.394 e. The van der Waals surface area contributed by atoms with Crippen LogP contribution in [0.2, 0.25) is 0 Å². The molecule has 436 valence electrons. The summed E-state index contributed by atoms with van der Waals surface area (Å²) in [6.45, 7) is 3.52. The Morgan fingerprint density at radius 3 is 1.01 bits per heavy atom. The average Bonchev–Trinajstić information content (AvgIpc) is 3.39. The number of rotatable bonds is 56. The molecule has 0 aliphatic carbocycles. The van der Waals surface area contributed by atoms with E-state index in [-0.39, 0.29) is 6.42 Å². The summed E-state index contributed by atoms with van der Waals surface area (Å²) in [4.78, 5) is 13.2. The van der Waals surface area contributed by atoms with Crippen molar-refractivity contribution in [2.45, 2.75) is 377 Å². The first kappa shape index (κ1) is 70.1. The van der Waals surface area contributed by atoms with Gasteiger partial charge in [0.25, 0.3) is 0 Å². The van der Waals surface area contributed by atoms with E-state index >= 15 is 0 Å². The van der Waals surface area contributed by atoms with Gasteiger partial charge >= 0.3 is 0 Å². The number of nitrogens with one attached hydrogen (secondary N) is 1. The van der Waals surface area contributed by atoms with Crippen LogP contribution in [0, 0.1) is 0 Å². The first-order valence-electron chi connectivity index (χ1n) is 31.9. The molecule has 1 saturated heterocycles. The first-order chi connectivity index (χ1) is 35.7. The quantitative estimate of drug-likeness (QED) is 0.0272. The van der Waals surface area contributed by atoms with E-state index in [1.54, 1.807) is 0 Å². The molecule has 1 aliphatic heterocycles. The van der Waals surface area contributed by atoms with Gasteiger partial charge in [-0.15, -0.1) is 0 Å². The predicted octanol–water partition coefficient (Wildman–Crippen LogP) is 14.1. The maximum atomic E-state index is 13.2. The lowest BCUT2D eigenvalue weighted by Crippen LogP contribution is -2.60. The van der Waals surface area contributed by atoms with Crippen LogP contribution >= 0.6 is 0 Å². The van der Waals surface area contributed by atoms with Crippen molar-refractivity contribution in [1.82, 2.24) is 5.32 Å². The van der Waals surface area contributed by atoms with Gasteiger partial charge in [0.1, 0.15) is 36.6 Å². The van der Waals surface area contributed by atoms with E-state index in [0.29, 0.717) is 19.3 Å². The highest BCUT2D eigenvalue weighted by Crippen LogP contribution is 2.24. The topological polar surface area (TPSA) is 189 Å². The first-order valence-corrected chi connectivity index (χ1v) is 31.9. The van der Waals surface area contributed by atoms with Crippen LogP contribution in [0.25, 0.3) is 0 Å². The van der Waals surface area contributed by atoms with Gasteiger partial charge in [0.15, 0.2) is 6.29 Å². The van der Waals surface area contributed by atoms with E-state index in [9.17, 15) is 40.5 Å². The molecule has 0 aromatic carbocycles. The molecular formula is C62H123NO10. The smallest absolute Gasteiger partial charge is 0.249 e. The van der Waals surface area contributed by atoms with Crippen molar-refractivity contribution in [3.05, 3.63) is 0 Å². The molecule has 0 bridgehead atoms. The third-order valence-electron chi connectivity index (χ3n) is 15.9. The van der Waals surface area contributed by atoms with Crippen molar-refractivity contribution >= 4 is 5.91 Å². The number of aliphatic hydroxyl groups excluding tert-OH is 7. The molecule has 0 aromatic rings. The molecule has 9 atom stereocenters. The molecule has 0 saturated carbocycles. The Balaban J connectivity index is 2.25. The minimum atomic E-state index is -1.66. The molecule has 0 radical (unpaired) electrons. The number of carbonyl (C=O) groups is 1. The summed E-state index contributed by atoms with van der Waals surface area (Å²) >= 11 is 0. The number of hydrogen-bond donors (Lipinski definition) is 8. The normalized spacial score (nSPS) is 19.8. The Bertz CT molecular complexity index is 1150. The molecule has 1 rings (SSSR count). The molecule has 0 aromatic heterocycles. The van der Waals surface area contributed by atoms with E-state index in [0.717, 1.165) is 38.5 Å². The van der Waals surface area contributed by atoms with Gasteiger partial charge < -0.3 is 50.5 Å². The molecule has 11 nitrogen and oxygen atoms in total. The lowest BCUT2D eigenvalue weighted by Gasteiger charge is -2.40. The van der Waals surface area contributed by atoms with E-state index in [4.69, 9.17) is 9.47 Å². The van der Waals surface area contributed by atoms with E-state index < -0.39 is 74.2 Å². The maximum absolute atomic E-state index is 13.2. The predicted molar refractivity (Wildman–Crippen MR) is 303 cm³/mol. The van der Waals surface area contributed by atoms with Crippen molar-refractivity contribution in [3.8, 4) is 0 Å². The Morgan fingerprint density at radius 2 is 0.712 bits per heavy atom. The number of amides is 1. The number of unbranched alkanes of at least 4 members (excludes halogenated alkanes) is 44. The highest BCUT2D eigenvalue weighted by atomic mass is 16.7. The third kappa shape index (κ3) is 40.0. The number of aliphatic hydroxyl groups is 7. The van der Waals surface area contributed by atoms with Gasteiger partial charge in [0.05, 0.1) is 25.4 Å². The minimum absolute atomic E-state index is 0.267. The molecule has 1 amide bonds. The summed E-state index contributed by atoms with van der Waals surface area (Å²) < 4.78 is 11.2. The van der Waals surface area contributed by atoms with Crippen molar-refractivity contribution in [2.24, 2.45) is 0 Å². The van der Waals surface area contributed by atoms with Crippen LogP contribution in [0.5, 0.6) is 0 Å². The fourth-order valence-electron chi connectivity index (χ4n) is 10.7. The fourth-order valence-corrected chi connectivity index (χ4v) is 10.7.